The number of hydrogen-bond acceptors (Lipinski definition) is 2. The van der Waals surface area contributed by atoms with E-state index in [9.17, 15) is 0 Å². The number of fused-ring (bicyclic) bond motifs is 1. The Bertz CT molecular complexity index is 940. The van der Waals surface area contributed by atoms with Crippen molar-refractivity contribution in [2.75, 3.05) is 6.61 Å². The van der Waals surface area contributed by atoms with E-state index in [1.165, 1.54) is 38.7 Å². The number of rotatable bonds is 10. The van der Waals surface area contributed by atoms with Gasteiger partial charge in [-0.1, -0.05) is 75.3 Å². The van der Waals surface area contributed by atoms with E-state index in [1.807, 2.05) is 10.7 Å². The summed E-state index contributed by atoms with van der Waals surface area (Å²) in [5.74, 6) is 0. The predicted molar refractivity (Wildman–Crippen MR) is 136 cm³/mol. The Labute approximate surface area is 189 Å². The fourth-order valence-electron chi connectivity index (χ4n) is 3.85. The first kappa shape index (κ1) is 22.2. The summed E-state index contributed by atoms with van der Waals surface area (Å²) in [6.07, 6.45) is 4.22. The number of ether oxygens (including phenoxy) is 1. The summed E-state index contributed by atoms with van der Waals surface area (Å²) in [5, 5.41) is 6.02. The van der Waals surface area contributed by atoms with Crippen molar-refractivity contribution in [1.82, 2.24) is 9.78 Å². The Morgan fingerprint density at radius 3 is 2.41 bits per heavy atom. The molecule has 0 radical (unpaired) electrons. The van der Waals surface area contributed by atoms with Crippen molar-refractivity contribution in [3.05, 3.63) is 63.4 Å². The number of benzene rings is 2. The van der Waals surface area contributed by atoms with Crippen molar-refractivity contribution in [2.24, 2.45) is 0 Å². The molecule has 0 aliphatic carbocycles. The van der Waals surface area contributed by atoms with Gasteiger partial charge in [0.25, 0.3) is 0 Å². The number of aromatic nitrogens is 2. The fraction of sp³-hybridized carbons (Fsp3) is 0.375. The van der Waals surface area contributed by atoms with Gasteiger partial charge in [-0.15, -0.1) is 0 Å². The van der Waals surface area contributed by atoms with E-state index in [2.05, 4.69) is 98.0 Å². The van der Waals surface area contributed by atoms with E-state index < -0.39 is 8.07 Å². The van der Waals surface area contributed by atoms with Crippen LogP contribution >= 0.6 is 22.6 Å². The van der Waals surface area contributed by atoms with Crippen molar-refractivity contribution in [3.63, 3.8) is 0 Å². The maximum atomic E-state index is 6.11. The lowest BCUT2D eigenvalue weighted by Crippen LogP contribution is -2.32. The average Bonchev–Trinajstić information content (AvgIpc) is 3.10. The van der Waals surface area contributed by atoms with Gasteiger partial charge in [0.1, 0.15) is 6.73 Å². The van der Waals surface area contributed by atoms with Crippen molar-refractivity contribution in [2.45, 2.75) is 51.7 Å². The van der Waals surface area contributed by atoms with Gasteiger partial charge in [-0.2, -0.15) is 5.10 Å². The highest BCUT2D eigenvalue weighted by Gasteiger charge is 2.25. The van der Waals surface area contributed by atoms with Crippen LogP contribution in [0.2, 0.25) is 24.2 Å². The maximum absolute atomic E-state index is 6.11. The van der Waals surface area contributed by atoms with Gasteiger partial charge in [-0.25, -0.2) is 4.68 Å². The summed E-state index contributed by atoms with van der Waals surface area (Å²) in [7, 11) is -1.13. The Morgan fingerprint density at radius 1 is 1.00 bits per heavy atom. The Hall–Kier alpha value is -1.44. The highest BCUT2D eigenvalue weighted by Crippen LogP contribution is 2.26. The van der Waals surface area contributed by atoms with Crippen molar-refractivity contribution >= 4 is 53.7 Å². The molecule has 2 aromatic carbocycles. The number of hydrogen-bond donors (Lipinski definition) is 0. The highest BCUT2D eigenvalue weighted by atomic mass is 127. The summed E-state index contributed by atoms with van der Waals surface area (Å²) in [5.41, 5.74) is 3.30. The lowest BCUT2D eigenvalue weighted by molar-refractivity contribution is 0.0814. The third kappa shape index (κ3) is 5.58. The van der Waals surface area contributed by atoms with Crippen molar-refractivity contribution in [1.29, 1.82) is 0 Å². The third-order valence-corrected chi connectivity index (χ3v) is 12.7. The molecule has 29 heavy (non-hydrogen) atoms. The van der Waals surface area contributed by atoms with Crippen LogP contribution < -0.4 is 0 Å². The first-order valence-electron chi connectivity index (χ1n) is 10.6. The van der Waals surface area contributed by atoms with E-state index in [1.54, 1.807) is 0 Å². The third-order valence-electron chi connectivity index (χ3n) is 6.22. The quantitative estimate of drug-likeness (QED) is 0.160. The second kappa shape index (κ2) is 10.5. The molecule has 0 amide bonds. The fourth-order valence-corrected chi connectivity index (χ4v) is 7.47. The summed E-state index contributed by atoms with van der Waals surface area (Å²) < 4.78 is 9.33. The molecule has 3 aromatic rings. The molecule has 0 N–H and O–H groups in total. The van der Waals surface area contributed by atoms with Gasteiger partial charge in [-0.3, -0.25) is 0 Å². The number of halogens is 1. The molecular weight excluding hydrogens is 487 g/mol. The molecule has 0 atom stereocenters. The van der Waals surface area contributed by atoms with E-state index in [0.29, 0.717) is 6.73 Å². The first-order chi connectivity index (χ1) is 14.1. The molecule has 0 spiro atoms. The zero-order chi connectivity index (χ0) is 20.7. The zero-order valence-corrected chi connectivity index (χ0v) is 20.9. The average molecular weight is 519 g/mol. The van der Waals surface area contributed by atoms with Gasteiger partial charge >= 0.3 is 0 Å². The Kier molecular flexibility index (Phi) is 8.09. The molecule has 0 fully saturated rings. The Balaban J connectivity index is 1.76. The van der Waals surface area contributed by atoms with Crippen LogP contribution in [0.4, 0.5) is 0 Å². The lowest BCUT2D eigenvalue weighted by Gasteiger charge is -2.27. The highest BCUT2D eigenvalue weighted by molar-refractivity contribution is 14.1. The van der Waals surface area contributed by atoms with Gasteiger partial charge in [0, 0.05) is 15.6 Å². The molecule has 0 saturated carbocycles. The molecule has 0 saturated heterocycles. The SMILES string of the molecule is CC[Si](CC)(CC)CCOCn1nc(C=Cc2ccccc2)c2ccc(I)cc21. The van der Waals surface area contributed by atoms with Crippen molar-refractivity contribution < 1.29 is 4.74 Å². The van der Waals surface area contributed by atoms with E-state index >= 15 is 0 Å². The smallest absolute Gasteiger partial charge is 0.140 e. The van der Waals surface area contributed by atoms with Gasteiger partial charge in [-0.05, 0) is 58.5 Å². The zero-order valence-electron chi connectivity index (χ0n) is 17.7. The molecule has 1 heterocycles. The van der Waals surface area contributed by atoms with E-state index in [4.69, 9.17) is 9.84 Å². The van der Waals surface area contributed by atoms with Gasteiger partial charge < -0.3 is 4.74 Å². The van der Waals surface area contributed by atoms with Crippen LogP contribution in [0.25, 0.3) is 23.1 Å². The maximum Gasteiger partial charge on any atom is 0.140 e. The monoisotopic (exact) mass is 518 g/mol. The standard InChI is InChI=1S/C24H31IN2OSi/c1-4-29(5-2,6-3)17-16-28-19-27-24-18-21(25)13-14-22(24)23(26-27)15-12-20-10-8-7-9-11-20/h7-15,18H,4-6,16-17,19H2,1-3H3. The summed E-state index contributed by atoms with van der Waals surface area (Å²) in [6, 6.07) is 22.1. The first-order valence-corrected chi connectivity index (χ1v) is 14.5. The van der Waals surface area contributed by atoms with Crippen LogP contribution in [0.3, 0.4) is 0 Å². The van der Waals surface area contributed by atoms with Crippen LogP contribution in [-0.4, -0.2) is 24.5 Å². The van der Waals surface area contributed by atoms with Crippen LogP contribution in [0, 0.1) is 3.57 Å². The van der Waals surface area contributed by atoms with Crippen LogP contribution in [0.1, 0.15) is 32.0 Å². The van der Waals surface area contributed by atoms with Crippen LogP contribution in [0.5, 0.6) is 0 Å². The summed E-state index contributed by atoms with van der Waals surface area (Å²) in [6.45, 7) is 8.41. The van der Waals surface area contributed by atoms with Gasteiger partial charge in [0.15, 0.2) is 0 Å². The second-order valence-corrected chi connectivity index (χ2v) is 14.5. The Morgan fingerprint density at radius 2 is 1.72 bits per heavy atom. The molecule has 0 bridgehead atoms. The van der Waals surface area contributed by atoms with Crippen molar-refractivity contribution in [3.8, 4) is 0 Å². The van der Waals surface area contributed by atoms with Gasteiger partial charge in [0.05, 0.1) is 19.3 Å². The molecule has 0 aliphatic rings. The minimum Gasteiger partial charge on any atom is -0.360 e. The van der Waals surface area contributed by atoms with Gasteiger partial charge in [0.2, 0.25) is 0 Å². The molecule has 3 rings (SSSR count). The molecule has 0 aliphatic heterocycles. The summed E-state index contributed by atoms with van der Waals surface area (Å²) >= 11 is 2.36. The molecular formula is C24H31IN2OSi. The van der Waals surface area contributed by atoms with E-state index in [0.717, 1.165) is 17.8 Å². The largest absolute Gasteiger partial charge is 0.360 e. The van der Waals surface area contributed by atoms with E-state index in [-0.39, 0.29) is 0 Å². The molecule has 5 heteroatoms. The number of nitrogens with zero attached hydrogens (tertiary/aromatic N) is 2. The lowest BCUT2D eigenvalue weighted by atomic mass is 10.1. The minimum atomic E-state index is -1.13. The predicted octanol–water partition coefficient (Wildman–Crippen LogP) is 7.29. The van der Waals surface area contributed by atoms with Crippen LogP contribution in [0.15, 0.2) is 48.5 Å². The summed E-state index contributed by atoms with van der Waals surface area (Å²) in [4.78, 5) is 0. The molecule has 1 aromatic heterocycles. The molecule has 0 unspecified atom stereocenters. The topological polar surface area (TPSA) is 27.1 Å². The normalized spacial score (nSPS) is 12.3. The molecule has 154 valence electrons. The van der Waals surface area contributed by atoms with Crippen LogP contribution in [-0.2, 0) is 11.5 Å². The minimum absolute atomic E-state index is 0.511. The second-order valence-electron chi connectivity index (χ2n) is 7.64. The molecule has 3 nitrogen and oxygen atoms in total.